The summed E-state index contributed by atoms with van der Waals surface area (Å²) in [6.07, 6.45) is 1.07. The molecule has 1 fully saturated rings. The molecule has 0 aliphatic carbocycles. The topological polar surface area (TPSA) is 85.4 Å². The maximum Gasteiger partial charge on any atom is 0.281 e. The zero-order valence-corrected chi connectivity index (χ0v) is 18.7. The highest BCUT2D eigenvalue weighted by Gasteiger charge is 2.47. The van der Waals surface area contributed by atoms with Crippen LogP contribution in [0.1, 0.15) is 6.04 Å². The number of rotatable bonds is 7. The van der Waals surface area contributed by atoms with Crippen LogP contribution in [0.25, 0.3) is 27.7 Å². The lowest BCUT2D eigenvalue weighted by Gasteiger charge is -2.19. The van der Waals surface area contributed by atoms with Crippen LogP contribution >= 0.6 is 0 Å². The molecule has 0 amide bonds. The van der Waals surface area contributed by atoms with E-state index in [-0.39, 0.29) is 29.5 Å². The van der Waals surface area contributed by atoms with Crippen LogP contribution < -0.4 is 10.1 Å². The van der Waals surface area contributed by atoms with Gasteiger partial charge in [0, 0.05) is 6.54 Å². The number of hydrogen-bond donors (Lipinski definition) is 1. The molecule has 1 N–H and O–H groups in total. The second-order valence-corrected chi connectivity index (χ2v) is 8.44. The Labute approximate surface area is 195 Å². The first-order valence-corrected chi connectivity index (χ1v) is 10.7. The van der Waals surface area contributed by atoms with Gasteiger partial charge in [-0.25, -0.2) is 31.1 Å². The van der Waals surface area contributed by atoms with Gasteiger partial charge in [-0.15, -0.1) is 10.2 Å². The SMILES string of the molecule is COc1nc(NC2CN(C)CC2(F)F)nn2cc(F)c(-c3ccc4nnn(C(CF)CF)c4c3)c12. The second kappa shape index (κ2) is 8.59. The van der Waals surface area contributed by atoms with Gasteiger partial charge < -0.3 is 10.1 Å². The van der Waals surface area contributed by atoms with E-state index in [9.17, 15) is 17.6 Å². The van der Waals surface area contributed by atoms with Gasteiger partial charge in [0.2, 0.25) is 11.8 Å². The van der Waals surface area contributed by atoms with Crippen molar-refractivity contribution in [1.29, 1.82) is 0 Å². The van der Waals surface area contributed by atoms with Crippen molar-refractivity contribution in [2.45, 2.75) is 18.0 Å². The van der Waals surface area contributed by atoms with Crippen LogP contribution in [0.3, 0.4) is 0 Å². The molecule has 0 spiro atoms. The van der Waals surface area contributed by atoms with Crippen molar-refractivity contribution in [2.75, 3.05) is 45.9 Å². The number of halogens is 5. The lowest BCUT2D eigenvalue weighted by molar-refractivity contribution is 0.00583. The third kappa shape index (κ3) is 3.90. The zero-order chi connectivity index (χ0) is 24.9. The summed E-state index contributed by atoms with van der Waals surface area (Å²) < 4.78 is 77.8. The number of benzene rings is 1. The molecule has 0 saturated carbocycles. The molecular formula is C21H21F5N8O. The number of hydrogen-bond acceptors (Lipinski definition) is 7. The van der Waals surface area contributed by atoms with Crippen molar-refractivity contribution >= 4 is 22.5 Å². The van der Waals surface area contributed by atoms with Gasteiger partial charge in [0.05, 0.1) is 30.9 Å². The fourth-order valence-electron chi connectivity index (χ4n) is 4.32. The lowest BCUT2D eigenvalue weighted by Crippen LogP contribution is -2.38. The van der Waals surface area contributed by atoms with E-state index in [1.807, 2.05) is 0 Å². The van der Waals surface area contributed by atoms with Gasteiger partial charge in [0.15, 0.2) is 5.82 Å². The van der Waals surface area contributed by atoms with E-state index in [0.29, 0.717) is 16.6 Å². The number of fused-ring (bicyclic) bond motifs is 2. The van der Waals surface area contributed by atoms with Crippen molar-refractivity contribution in [3.8, 4) is 17.0 Å². The van der Waals surface area contributed by atoms with E-state index in [2.05, 4.69) is 25.7 Å². The normalized spacial score (nSPS) is 18.2. The summed E-state index contributed by atoms with van der Waals surface area (Å²) in [5.74, 6) is -3.89. The average Bonchev–Trinajstić information content (AvgIpc) is 3.46. The number of alkyl halides is 4. The molecule has 35 heavy (non-hydrogen) atoms. The van der Waals surface area contributed by atoms with E-state index in [0.717, 1.165) is 15.4 Å². The molecule has 186 valence electrons. The number of ether oxygens (including phenoxy) is 1. The summed E-state index contributed by atoms with van der Waals surface area (Å²) >= 11 is 0. The van der Waals surface area contributed by atoms with Crippen molar-refractivity contribution in [2.24, 2.45) is 0 Å². The first-order chi connectivity index (χ1) is 16.7. The molecular weight excluding hydrogens is 475 g/mol. The Hall–Kier alpha value is -3.55. The predicted molar refractivity (Wildman–Crippen MR) is 117 cm³/mol. The van der Waals surface area contributed by atoms with E-state index < -0.39 is 43.7 Å². The van der Waals surface area contributed by atoms with Gasteiger partial charge in [-0.3, -0.25) is 4.90 Å². The third-order valence-corrected chi connectivity index (χ3v) is 6.00. The molecule has 0 bridgehead atoms. The largest absolute Gasteiger partial charge is 0.479 e. The fourth-order valence-corrected chi connectivity index (χ4v) is 4.32. The summed E-state index contributed by atoms with van der Waals surface area (Å²) in [5.41, 5.74) is 1.24. The summed E-state index contributed by atoms with van der Waals surface area (Å²) in [7, 11) is 2.89. The number of likely N-dealkylation sites (tertiary alicyclic amines) is 1. The quantitative estimate of drug-likeness (QED) is 0.394. The van der Waals surface area contributed by atoms with Crippen LogP contribution in [-0.2, 0) is 0 Å². The number of methoxy groups -OCH3 is 1. The smallest absolute Gasteiger partial charge is 0.281 e. The van der Waals surface area contributed by atoms with Crippen molar-refractivity contribution in [1.82, 2.24) is 34.5 Å². The highest BCUT2D eigenvalue weighted by atomic mass is 19.3. The molecule has 9 nitrogen and oxygen atoms in total. The first-order valence-electron chi connectivity index (χ1n) is 10.7. The van der Waals surface area contributed by atoms with Gasteiger partial charge in [0.1, 0.15) is 36.5 Å². The van der Waals surface area contributed by atoms with Gasteiger partial charge in [-0.2, -0.15) is 4.98 Å². The Balaban J connectivity index is 1.60. The molecule has 0 radical (unpaired) electrons. The highest BCUT2D eigenvalue weighted by molar-refractivity contribution is 5.89. The van der Waals surface area contributed by atoms with Crippen LogP contribution in [0.4, 0.5) is 27.9 Å². The number of anilines is 1. The molecule has 4 heterocycles. The Bertz CT molecular complexity index is 1390. The summed E-state index contributed by atoms with van der Waals surface area (Å²) in [5, 5.41) is 14.5. The molecule has 1 aliphatic heterocycles. The van der Waals surface area contributed by atoms with Crippen molar-refractivity contribution in [3.63, 3.8) is 0 Å². The zero-order valence-electron chi connectivity index (χ0n) is 18.7. The maximum atomic E-state index is 15.2. The van der Waals surface area contributed by atoms with Gasteiger partial charge >= 0.3 is 0 Å². The average molecular weight is 496 g/mol. The van der Waals surface area contributed by atoms with E-state index in [1.165, 1.54) is 18.1 Å². The molecule has 1 atom stereocenters. The monoisotopic (exact) mass is 496 g/mol. The number of nitrogens with zero attached hydrogens (tertiary/aromatic N) is 7. The Morgan fingerprint density at radius 3 is 2.69 bits per heavy atom. The van der Waals surface area contributed by atoms with Crippen LogP contribution in [0.2, 0.25) is 0 Å². The van der Waals surface area contributed by atoms with Crippen molar-refractivity contribution in [3.05, 3.63) is 30.2 Å². The van der Waals surface area contributed by atoms with E-state index >= 15 is 4.39 Å². The Morgan fingerprint density at radius 2 is 2.03 bits per heavy atom. The minimum Gasteiger partial charge on any atom is -0.479 e. The summed E-state index contributed by atoms with van der Waals surface area (Å²) in [6.45, 7) is -2.32. The Morgan fingerprint density at radius 1 is 1.26 bits per heavy atom. The fraction of sp³-hybridized carbons (Fsp3) is 0.429. The number of likely N-dealkylation sites (N-methyl/N-ethyl adjacent to an activating group) is 1. The van der Waals surface area contributed by atoms with E-state index in [1.54, 1.807) is 19.2 Å². The number of aromatic nitrogens is 6. The van der Waals surface area contributed by atoms with E-state index in [4.69, 9.17) is 4.74 Å². The van der Waals surface area contributed by atoms with Crippen LogP contribution in [0, 0.1) is 5.82 Å². The Kier molecular flexibility index (Phi) is 5.69. The predicted octanol–water partition coefficient (Wildman–Crippen LogP) is 3.13. The molecule has 1 unspecified atom stereocenters. The van der Waals surface area contributed by atoms with Crippen molar-refractivity contribution < 1.29 is 26.7 Å². The molecule has 4 aromatic rings. The first kappa shape index (κ1) is 23.2. The molecule has 1 aromatic carbocycles. The second-order valence-electron chi connectivity index (χ2n) is 8.44. The third-order valence-electron chi connectivity index (χ3n) is 6.00. The van der Waals surface area contributed by atoms with Gasteiger partial charge in [-0.05, 0) is 24.7 Å². The molecule has 3 aromatic heterocycles. The molecule has 14 heteroatoms. The minimum absolute atomic E-state index is 0.0480. The van der Waals surface area contributed by atoms with Crippen LogP contribution in [0.5, 0.6) is 5.88 Å². The van der Waals surface area contributed by atoms with Crippen LogP contribution in [0.15, 0.2) is 24.4 Å². The minimum atomic E-state index is -3.00. The maximum absolute atomic E-state index is 15.2. The van der Waals surface area contributed by atoms with Gasteiger partial charge in [0.25, 0.3) is 5.92 Å². The summed E-state index contributed by atoms with van der Waals surface area (Å²) in [6, 6.07) is 2.23. The molecule has 1 aliphatic rings. The standard InChI is InChI=1S/C21H21F5N8O/c1-32-9-16(21(25,26)10-32)27-20-28-19(35-2)18-17(13(24)8-33(18)30-20)11-3-4-14-15(5-11)34(31-29-14)12(6-22)7-23/h3-5,8,12,16H,6-7,9-10H2,1-2H3,(H,27,30). The lowest BCUT2D eigenvalue weighted by atomic mass is 10.1. The highest BCUT2D eigenvalue weighted by Crippen LogP contribution is 2.36. The molecule has 5 rings (SSSR count). The van der Waals surface area contributed by atoms with Gasteiger partial charge in [-0.1, -0.05) is 11.3 Å². The van der Waals surface area contributed by atoms with Crippen LogP contribution in [-0.4, -0.2) is 87.1 Å². The number of nitrogens with one attached hydrogen (secondary N) is 1. The molecule has 1 saturated heterocycles. The summed E-state index contributed by atoms with van der Waals surface area (Å²) in [4.78, 5) is 5.66.